The Morgan fingerprint density at radius 2 is 2.05 bits per heavy atom. The Bertz CT molecular complexity index is 691. The van der Waals surface area contributed by atoms with Crippen LogP contribution < -0.4 is 10.0 Å². The summed E-state index contributed by atoms with van der Waals surface area (Å²) in [5, 5.41) is 3.24. The number of benzene rings is 1. The van der Waals surface area contributed by atoms with Gasteiger partial charge in [-0.05, 0) is 54.2 Å². The Kier molecular flexibility index (Phi) is 4.85. The van der Waals surface area contributed by atoms with Gasteiger partial charge in [0.15, 0.2) is 0 Å². The zero-order valence-corrected chi connectivity index (χ0v) is 14.3. The van der Waals surface area contributed by atoms with Gasteiger partial charge in [0.2, 0.25) is 10.0 Å². The Morgan fingerprint density at radius 3 is 2.65 bits per heavy atom. The average Bonchev–Trinajstić information content (AvgIpc) is 2.76. The lowest BCUT2D eigenvalue weighted by Gasteiger charge is -2.07. The van der Waals surface area contributed by atoms with Gasteiger partial charge in [-0.15, -0.1) is 11.3 Å². The van der Waals surface area contributed by atoms with Gasteiger partial charge in [-0.25, -0.2) is 13.1 Å². The number of sulfonamides is 1. The Balaban J connectivity index is 2.12. The molecule has 2 rings (SSSR count). The summed E-state index contributed by atoms with van der Waals surface area (Å²) in [5.41, 5.74) is 0.781. The minimum absolute atomic E-state index is 0.258. The van der Waals surface area contributed by atoms with Crippen LogP contribution in [0.1, 0.15) is 9.75 Å². The van der Waals surface area contributed by atoms with E-state index in [0.717, 1.165) is 10.2 Å². The van der Waals surface area contributed by atoms with E-state index >= 15 is 0 Å². The van der Waals surface area contributed by atoms with Gasteiger partial charge in [0.1, 0.15) is 0 Å². The van der Waals surface area contributed by atoms with Crippen molar-refractivity contribution in [3.8, 4) is 0 Å². The van der Waals surface area contributed by atoms with Crippen LogP contribution in [-0.4, -0.2) is 15.5 Å². The summed E-state index contributed by atoms with van der Waals surface area (Å²) in [5.74, 6) is 0. The predicted octanol–water partition coefficient (Wildman–Crippen LogP) is 3.34. The van der Waals surface area contributed by atoms with Gasteiger partial charge in [0.25, 0.3) is 0 Å². The number of hydrogen-bond acceptors (Lipinski definition) is 4. The van der Waals surface area contributed by atoms with Crippen LogP contribution in [0.5, 0.6) is 0 Å². The molecule has 0 saturated carbocycles. The highest BCUT2D eigenvalue weighted by Crippen LogP contribution is 2.27. The molecule has 20 heavy (non-hydrogen) atoms. The fourth-order valence-electron chi connectivity index (χ4n) is 1.69. The van der Waals surface area contributed by atoms with E-state index in [2.05, 4.69) is 39.0 Å². The second kappa shape index (κ2) is 6.26. The van der Waals surface area contributed by atoms with Gasteiger partial charge in [0.05, 0.1) is 4.90 Å². The van der Waals surface area contributed by atoms with Crippen molar-refractivity contribution in [3.63, 3.8) is 0 Å². The molecular formula is C13H15BrN2O2S2. The van der Waals surface area contributed by atoms with Crippen LogP contribution in [0.2, 0.25) is 0 Å². The first-order valence-corrected chi connectivity index (χ1v) is 9.04. The molecule has 0 fully saturated rings. The standard InChI is InChI=1S/C13H15BrN2O2S2/c1-9-13(14)7-11(19-9)8-16-10-4-3-5-12(6-10)20(17,18)15-2/h3-7,15-16H,8H2,1-2H3. The van der Waals surface area contributed by atoms with E-state index in [1.54, 1.807) is 29.5 Å². The van der Waals surface area contributed by atoms with E-state index in [1.165, 1.54) is 16.8 Å². The largest absolute Gasteiger partial charge is 0.380 e. The second-order valence-electron chi connectivity index (χ2n) is 4.21. The molecule has 0 aliphatic rings. The van der Waals surface area contributed by atoms with Crippen molar-refractivity contribution in [2.75, 3.05) is 12.4 Å². The topological polar surface area (TPSA) is 58.2 Å². The minimum atomic E-state index is -3.40. The fourth-order valence-corrected chi connectivity index (χ4v) is 4.00. The fraction of sp³-hybridized carbons (Fsp3) is 0.231. The van der Waals surface area contributed by atoms with Crippen molar-refractivity contribution in [1.82, 2.24) is 4.72 Å². The molecule has 0 aliphatic carbocycles. The van der Waals surface area contributed by atoms with Crippen LogP contribution >= 0.6 is 27.3 Å². The molecule has 1 aromatic carbocycles. The molecule has 1 aromatic heterocycles. The second-order valence-corrected chi connectivity index (χ2v) is 8.29. The van der Waals surface area contributed by atoms with Crippen LogP contribution in [0.15, 0.2) is 39.7 Å². The first-order chi connectivity index (χ1) is 9.42. The van der Waals surface area contributed by atoms with Crippen LogP contribution in [0.4, 0.5) is 5.69 Å². The number of nitrogens with one attached hydrogen (secondary N) is 2. The zero-order valence-electron chi connectivity index (χ0n) is 11.1. The van der Waals surface area contributed by atoms with Crippen molar-refractivity contribution in [2.24, 2.45) is 0 Å². The lowest BCUT2D eigenvalue weighted by Crippen LogP contribution is -2.18. The number of anilines is 1. The molecular weight excluding hydrogens is 360 g/mol. The lowest BCUT2D eigenvalue weighted by molar-refractivity contribution is 0.588. The van der Waals surface area contributed by atoms with E-state index in [0.29, 0.717) is 6.54 Å². The number of halogens is 1. The van der Waals surface area contributed by atoms with Crippen LogP contribution in [0.3, 0.4) is 0 Å². The molecule has 2 aromatic rings. The molecule has 0 aliphatic heterocycles. The quantitative estimate of drug-likeness (QED) is 0.843. The summed E-state index contributed by atoms with van der Waals surface area (Å²) in [6.45, 7) is 2.72. The maximum absolute atomic E-state index is 11.7. The highest BCUT2D eigenvalue weighted by molar-refractivity contribution is 9.10. The third kappa shape index (κ3) is 3.60. The van der Waals surface area contributed by atoms with Crippen molar-refractivity contribution in [2.45, 2.75) is 18.4 Å². The lowest BCUT2D eigenvalue weighted by atomic mass is 10.3. The van der Waals surface area contributed by atoms with Crippen molar-refractivity contribution in [1.29, 1.82) is 0 Å². The van der Waals surface area contributed by atoms with Gasteiger partial charge >= 0.3 is 0 Å². The number of rotatable bonds is 5. The summed E-state index contributed by atoms with van der Waals surface area (Å²) in [6, 6.07) is 8.85. The first-order valence-electron chi connectivity index (χ1n) is 5.94. The molecule has 0 radical (unpaired) electrons. The molecule has 2 N–H and O–H groups in total. The monoisotopic (exact) mass is 374 g/mol. The van der Waals surface area contributed by atoms with Crippen molar-refractivity contribution >= 4 is 43.0 Å². The Labute approximate surface area is 131 Å². The average molecular weight is 375 g/mol. The molecule has 7 heteroatoms. The van der Waals surface area contributed by atoms with E-state index in [1.807, 2.05) is 6.07 Å². The van der Waals surface area contributed by atoms with Crippen molar-refractivity contribution < 1.29 is 8.42 Å². The highest BCUT2D eigenvalue weighted by Gasteiger charge is 2.11. The van der Waals surface area contributed by atoms with Crippen LogP contribution in [-0.2, 0) is 16.6 Å². The zero-order chi connectivity index (χ0) is 14.8. The normalized spacial score (nSPS) is 11.6. The van der Waals surface area contributed by atoms with Gasteiger partial charge < -0.3 is 5.32 Å². The van der Waals surface area contributed by atoms with E-state index in [-0.39, 0.29) is 4.90 Å². The number of thiophene rings is 1. The van der Waals surface area contributed by atoms with E-state index in [4.69, 9.17) is 0 Å². The van der Waals surface area contributed by atoms with Crippen molar-refractivity contribution in [3.05, 3.63) is 44.6 Å². The van der Waals surface area contributed by atoms with Gasteiger partial charge in [-0.1, -0.05) is 6.07 Å². The molecule has 0 amide bonds. The predicted molar refractivity (Wildman–Crippen MR) is 86.8 cm³/mol. The molecule has 4 nitrogen and oxygen atoms in total. The first kappa shape index (κ1) is 15.5. The molecule has 0 bridgehead atoms. The number of hydrogen-bond donors (Lipinski definition) is 2. The third-order valence-corrected chi connectivity index (χ3v) is 6.34. The maximum atomic E-state index is 11.7. The van der Waals surface area contributed by atoms with E-state index in [9.17, 15) is 8.42 Å². The smallest absolute Gasteiger partial charge is 0.240 e. The van der Waals surface area contributed by atoms with Gasteiger partial charge in [-0.3, -0.25) is 0 Å². The highest BCUT2D eigenvalue weighted by atomic mass is 79.9. The summed E-state index contributed by atoms with van der Waals surface area (Å²) in [6.07, 6.45) is 0. The summed E-state index contributed by atoms with van der Waals surface area (Å²) in [4.78, 5) is 2.68. The maximum Gasteiger partial charge on any atom is 0.240 e. The Hall–Kier alpha value is -0.890. The van der Waals surface area contributed by atoms with Crippen LogP contribution in [0.25, 0.3) is 0 Å². The molecule has 1 heterocycles. The molecule has 0 saturated heterocycles. The van der Waals surface area contributed by atoms with Gasteiger partial charge in [-0.2, -0.15) is 0 Å². The van der Waals surface area contributed by atoms with Crippen LogP contribution in [0, 0.1) is 6.92 Å². The molecule has 0 unspecified atom stereocenters. The summed E-state index contributed by atoms with van der Waals surface area (Å²) < 4.78 is 26.9. The molecule has 0 atom stereocenters. The van der Waals surface area contributed by atoms with E-state index < -0.39 is 10.0 Å². The van der Waals surface area contributed by atoms with Gasteiger partial charge in [0, 0.05) is 26.5 Å². The molecule has 108 valence electrons. The third-order valence-electron chi connectivity index (χ3n) is 2.79. The summed E-state index contributed by atoms with van der Waals surface area (Å²) >= 11 is 5.19. The number of aryl methyl sites for hydroxylation is 1. The summed E-state index contributed by atoms with van der Waals surface area (Å²) in [7, 11) is -2.00. The minimum Gasteiger partial charge on any atom is -0.380 e. The SMILES string of the molecule is CNS(=O)(=O)c1cccc(NCc2cc(Br)c(C)s2)c1. The Morgan fingerprint density at radius 1 is 1.30 bits per heavy atom. The molecule has 0 spiro atoms.